The number of likely N-dealkylation sites (N-methyl/N-ethyl adjacent to an activating group) is 1. The van der Waals surface area contributed by atoms with Crippen molar-refractivity contribution < 1.29 is 0 Å². The molecule has 1 aromatic rings. The monoisotopic (exact) mass is 413 g/mol. The summed E-state index contributed by atoms with van der Waals surface area (Å²) in [5.41, 5.74) is 2.64. The Morgan fingerprint density at radius 3 is 1.50 bits per heavy atom. The Labute approximate surface area is 189 Å². The minimum atomic E-state index is 1.15. The van der Waals surface area contributed by atoms with E-state index in [0.717, 1.165) is 13.0 Å². The quantitative estimate of drug-likeness (QED) is 0.182. The van der Waals surface area contributed by atoms with Gasteiger partial charge >= 0.3 is 0 Å². The van der Waals surface area contributed by atoms with Gasteiger partial charge in [-0.2, -0.15) is 0 Å². The minimum Gasteiger partial charge on any atom is -0.306 e. The predicted molar refractivity (Wildman–Crippen MR) is 137 cm³/mol. The molecule has 0 fully saturated rings. The molecule has 0 bridgehead atoms. The molecule has 0 heterocycles. The molecule has 0 aliphatic carbocycles. The Bertz CT molecular complexity index is 490. The topological polar surface area (TPSA) is 3.24 Å². The van der Waals surface area contributed by atoms with Gasteiger partial charge in [-0.15, -0.1) is 0 Å². The average molecular weight is 414 g/mol. The summed E-state index contributed by atoms with van der Waals surface area (Å²) in [5.74, 6) is 0. The second-order valence-electron chi connectivity index (χ2n) is 9.30. The molecule has 0 atom stereocenters. The van der Waals surface area contributed by atoms with Gasteiger partial charge in [0.25, 0.3) is 0 Å². The number of benzene rings is 1. The number of hydrogen-bond acceptors (Lipinski definition) is 1. The fraction of sp³-hybridized carbons (Fsp3) is 0.724. The molecule has 0 amide bonds. The van der Waals surface area contributed by atoms with Crippen LogP contribution in [-0.4, -0.2) is 25.0 Å². The van der Waals surface area contributed by atoms with E-state index in [4.69, 9.17) is 0 Å². The highest BCUT2D eigenvalue weighted by atomic mass is 15.1. The van der Waals surface area contributed by atoms with E-state index in [1.165, 1.54) is 120 Å². The highest BCUT2D eigenvalue weighted by Gasteiger charge is 2.00. The van der Waals surface area contributed by atoms with Crippen LogP contribution >= 0.6 is 0 Å². The number of nitrogens with zero attached hydrogens (tertiary/aromatic N) is 1. The van der Waals surface area contributed by atoms with Crippen LogP contribution in [0.15, 0.2) is 30.8 Å². The molecule has 0 aliphatic heterocycles. The lowest BCUT2D eigenvalue weighted by Gasteiger charge is -2.16. The van der Waals surface area contributed by atoms with Crippen molar-refractivity contribution in [3.63, 3.8) is 0 Å². The summed E-state index contributed by atoms with van der Waals surface area (Å²) in [6.45, 7) is 8.51. The van der Waals surface area contributed by atoms with E-state index in [-0.39, 0.29) is 0 Å². The Hall–Kier alpha value is -1.08. The summed E-state index contributed by atoms with van der Waals surface area (Å²) < 4.78 is 0. The fourth-order valence-corrected chi connectivity index (χ4v) is 4.18. The lowest BCUT2D eigenvalue weighted by Crippen LogP contribution is -2.22. The van der Waals surface area contributed by atoms with Gasteiger partial charge in [0, 0.05) is 6.54 Å². The van der Waals surface area contributed by atoms with Crippen LogP contribution in [0.5, 0.6) is 0 Å². The van der Waals surface area contributed by atoms with E-state index in [1.807, 2.05) is 6.08 Å². The zero-order valence-corrected chi connectivity index (χ0v) is 20.5. The van der Waals surface area contributed by atoms with E-state index in [2.05, 4.69) is 49.7 Å². The fourth-order valence-electron chi connectivity index (χ4n) is 4.18. The van der Waals surface area contributed by atoms with Gasteiger partial charge in [0.15, 0.2) is 0 Å². The molecular formula is C29H51N. The smallest absolute Gasteiger partial charge is 0.00188 e. The van der Waals surface area contributed by atoms with Gasteiger partial charge in [0.1, 0.15) is 0 Å². The highest BCUT2D eigenvalue weighted by molar-refractivity contribution is 5.47. The molecule has 0 unspecified atom stereocenters. The van der Waals surface area contributed by atoms with Crippen molar-refractivity contribution in [3.8, 4) is 0 Å². The van der Waals surface area contributed by atoms with E-state index >= 15 is 0 Å². The van der Waals surface area contributed by atoms with Crippen LogP contribution in [0.4, 0.5) is 0 Å². The van der Waals surface area contributed by atoms with Crippen LogP contribution in [-0.2, 0) is 6.42 Å². The third-order valence-corrected chi connectivity index (χ3v) is 6.39. The van der Waals surface area contributed by atoms with Crippen molar-refractivity contribution in [1.29, 1.82) is 0 Å². The van der Waals surface area contributed by atoms with Gasteiger partial charge in [0.05, 0.1) is 0 Å². The molecule has 0 spiro atoms. The third kappa shape index (κ3) is 15.7. The minimum absolute atomic E-state index is 1.15. The van der Waals surface area contributed by atoms with Crippen molar-refractivity contribution in [2.24, 2.45) is 0 Å². The summed E-state index contributed by atoms with van der Waals surface area (Å²) in [4.78, 5) is 2.49. The summed E-state index contributed by atoms with van der Waals surface area (Å²) in [5, 5.41) is 0. The van der Waals surface area contributed by atoms with Crippen molar-refractivity contribution in [2.45, 2.75) is 116 Å². The summed E-state index contributed by atoms with van der Waals surface area (Å²) >= 11 is 0. The molecular weight excluding hydrogens is 362 g/mol. The average Bonchev–Trinajstić information content (AvgIpc) is 2.77. The molecule has 172 valence electrons. The molecule has 1 nitrogen and oxygen atoms in total. The van der Waals surface area contributed by atoms with E-state index in [0.29, 0.717) is 0 Å². The highest BCUT2D eigenvalue weighted by Crippen LogP contribution is 2.14. The lowest BCUT2D eigenvalue weighted by atomic mass is 10.0. The van der Waals surface area contributed by atoms with Crippen molar-refractivity contribution in [2.75, 3.05) is 20.1 Å². The van der Waals surface area contributed by atoms with Gasteiger partial charge in [-0.05, 0) is 37.6 Å². The molecule has 0 aromatic heterocycles. The second-order valence-corrected chi connectivity index (χ2v) is 9.30. The molecule has 0 saturated heterocycles. The van der Waals surface area contributed by atoms with Gasteiger partial charge < -0.3 is 4.90 Å². The summed E-state index contributed by atoms with van der Waals surface area (Å²) in [7, 11) is 2.27. The first-order valence-corrected chi connectivity index (χ1v) is 13.2. The largest absolute Gasteiger partial charge is 0.306 e. The van der Waals surface area contributed by atoms with Crippen LogP contribution in [0.2, 0.25) is 0 Å². The first-order chi connectivity index (χ1) is 14.8. The van der Waals surface area contributed by atoms with Gasteiger partial charge in [-0.1, -0.05) is 140 Å². The van der Waals surface area contributed by atoms with Crippen molar-refractivity contribution >= 4 is 6.08 Å². The molecule has 1 rings (SSSR count). The van der Waals surface area contributed by atoms with Gasteiger partial charge in [-0.25, -0.2) is 0 Å². The maximum absolute atomic E-state index is 3.82. The van der Waals surface area contributed by atoms with Crippen LogP contribution in [0.3, 0.4) is 0 Å². The first-order valence-electron chi connectivity index (χ1n) is 13.2. The molecule has 1 aromatic carbocycles. The van der Waals surface area contributed by atoms with Crippen LogP contribution in [0, 0.1) is 0 Å². The van der Waals surface area contributed by atoms with Crippen LogP contribution in [0.1, 0.15) is 121 Å². The standard InChI is InChI=1S/C29H51N/c1-4-6-7-8-9-10-11-12-13-14-15-16-17-18-19-20-26-30(3)27-25-29-23-21-28(5-2)22-24-29/h5,21-24H,2,4,6-20,25-27H2,1,3H3. The van der Waals surface area contributed by atoms with Crippen LogP contribution in [0.25, 0.3) is 6.08 Å². The SMILES string of the molecule is C=Cc1ccc(CCN(C)CCCCCCCCCCCCCCCCCC)cc1. The number of unbranched alkanes of at least 4 members (excludes halogenated alkanes) is 15. The third-order valence-electron chi connectivity index (χ3n) is 6.39. The molecule has 0 radical (unpaired) electrons. The Morgan fingerprint density at radius 1 is 0.633 bits per heavy atom. The summed E-state index contributed by atoms with van der Waals surface area (Å²) in [6, 6.07) is 8.80. The molecule has 30 heavy (non-hydrogen) atoms. The molecule has 0 saturated carbocycles. The molecule has 0 N–H and O–H groups in total. The Kier molecular flexibility index (Phi) is 17.8. The van der Waals surface area contributed by atoms with E-state index < -0.39 is 0 Å². The number of rotatable bonds is 21. The Balaban J connectivity index is 1.80. The van der Waals surface area contributed by atoms with Crippen molar-refractivity contribution in [3.05, 3.63) is 42.0 Å². The maximum atomic E-state index is 3.82. The zero-order valence-electron chi connectivity index (χ0n) is 20.5. The van der Waals surface area contributed by atoms with Crippen LogP contribution < -0.4 is 0 Å². The second kappa shape index (κ2) is 19.9. The van der Waals surface area contributed by atoms with E-state index in [1.54, 1.807) is 0 Å². The molecule has 0 aliphatic rings. The maximum Gasteiger partial charge on any atom is 0.00188 e. The Morgan fingerprint density at radius 2 is 1.07 bits per heavy atom. The molecule has 1 heteroatoms. The lowest BCUT2D eigenvalue weighted by molar-refractivity contribution is 0.327. The summed E-state index contributed by atoms with van der Waals surface area (Å²) in [6.07, 6.45) is 26.1. The van der Waals surface area contributed by atoms with Crippen molar-refractivity contribution in [1.82, 2.24) is 4.90 Å². The van der Waals surface area contributed by atoms with E-state index in [9.17, 15) is 0 Å². The van der Waals surface area contributed by atoms with Gasteiger partial charge in [-0.3, -0.25) is 0 Å². The first kappa shape index (κ1) is 27.0. The predicted octanol–water partition coefficient (Wildman–Crippen LogP) is 9.07. The van der Waals surface area contributed by atoms with Gasteiger partial charge in [0.2, 0.25) is 0 Å². The zero-order chi connectivity index (χ0) is 21.7. The number of hydrogen-bond donors (Lipinski definition) is 0. The normalized spacial score (nSPS) is 11.3.